The molecule has 14 heteroatoms. The van der Waals surface area contributed by atoms with Gasteiger partial charge in [-0.05, 0) is 6.92 Å². The predicted octanol–water partition coefficient (Wildman–Crippen LogP) is 4.46. The summed E-state index contributed by atoms with van der Waals surface area (Å²) in [5.74, 6) is -16.8. The van der Waals surface area contributed by atoms with Crippen molar-refractivity contribution in [2.45, 2.75) is 37.2 Å². The molecule has 0 saturated carbocycles. The standard InChI is InChI=1S/C9H4F12O2/c1-2(10)6(13,14)8(18,19)9(20,21)23-5(22)3(4(11)12)7(15,16)17/h2H,1H3. The molecule has 0 aliphatic carbocycles. The number of ether oxygens (including phenoxy) is 1. The number of esters is 1. The lowest BCUT2D eigenvalue weighted by molar-refractivity contribution is -0.392. The molecule has 0 saturated heterocycles. The Morgan fingerprint density at radius 1 is 0.913 bits per heavy atom. The van der Waals surface area contributed by atoms with Gasteiger partial charge in [-0.3, -0.25) is 0 Å². The summed E-state index contributed by atoms with van der Waals surface area (Å²) in [7, 11) is 0. The first-order chi connectivity index (χ1) is 9.89. The van der Waals surface area contributed by atoms with Crippen LogP contribution in [0.15, 0.2) is 11.7 Å². The Morgan fingerprint density at radius 2 is 1.30 bits per heavy atom. The molecule has 0 amide bonds. The van der Waals surface area contributed by atoms with Crippen molar-refractivity contribution >= 4 is 5.97 Å². The Balaban J connectivity index is 5.75. The van der Waals surface area contributed by atoms with Crippen LogP contribution in [-0.4, -0.2) is 36.3 Å². The maximum atomic E-state index is 12.8. The van der Waals surface area contributed by atoms with E-state index >= 15 is 0 Å². The molecule has 0 fully saturated rings. The average molecular weight is 372 g/mol. The normalized spacial score (nSPS) is 15.2. The van der Waals surface area contributed by atoms with Gasteiger partial charge in [0.15, 0.2) is 6.17 Å². The molecule has 0 aliphatic rings. The maximum Gasteiger partial charge on any atom is 0.473 e. The van der Waals surface area contributed by atoms with Crippen molar-refractivity contribution < 1.29 is 62.2 Å². The third-order valence-electron chi connectivity index (χ3n) is 2.18. The number of hydrogen-bond donors (Lipinski definition) is 0. The molecule has 0 rings (SSSR count). The van der Waals surface area contributed by atoms with Crippen LogP contribution in [0, 0.1) is 0 Å². The highest BCUT2D eigenvalue weighted by Gasteiger charge is 2.77. The van der Waals surface area contributed by atoms with Crippen LogP contribution in [0.25, 0.3) is 0 Å². The summed E-state index contributed by atoms with van der Waals surface area (Å²) in [6, 6.07) is 0. The van der Waals surface area contributed by atoms with E-state index < -0.39 is 47.9 Å². The van der Waals surface area contributed by atoms with Crippen LogP contribution in [0.5, 0.6) is 0 Å². The second-order valence-electron chi connectivity index (χ2n) is 3.85. The lowest BCUT2D eigenvalue weighted by Gasteiger charge is -2.32. The van der Waals surface area contributed by atoms with Crippen molar-refractivity contribution in [2.75, 3.05) is 0 Å². The van der Waals surface area contributed by atoms with Crippen molar-refractivity contribution in [2.24, 2.45) is 0 Å². The summed E-state index contributed by atoms with van der Waals surface area (Å²) < 4.78 is 151. The van der Waals surface area contributed by atoms with E-state index in [1.165, 1.54) is 0 Å². The van der Waals surface area contributed by atoms with Crippen LogP contribution >= 0.6 is 0 Å². The Labute approximate surface area is 118 Å². The first kappa shape index (κ1) is 21.4. The Hall–Kier alpha value is -1.63. The average Bonchev–Trinajstić information content (AvgIpc) is 2.23. The van der Waals surface area contributed by atoms with Crippen molar-refractivity contribution in [3.8, 4) is 0 Å². The molecule has 0 spiro atoms. The zero-order valence-electron chi connectivity index (χ0n) is 10.4. The molecule has 2 nitrogen and oxygen atoms in total. The second kappa shape index (κ2) is 6.11. The largest absolute Gasteiger partial charge is 0.473 e. The van der Waals surface area contributed by atoms with Gasteiger partial charge in [0.25, 0.3) is 6.08 Å². The van der Waals surface area contributed by atoms with Crippen molar-refractivity contribution in [3.63, 3.8) is 0 Å². The molecule has 1 unspecified atom stereocenters. The van der Waals surface area contributed by atoms with Gasteiger partial charge in [0.2, 0.25) is 5.57 Å². The van der Waals surface area contributed by atoms with E-state index in [0.29, 0.717) is 0 Å². The minimum atomic E-state index is -6.83. The summed E-state index contributed by atoms with van der Waals surface area (Å²) in [4.78, 5) is 10.6. The van der Waals surface area contributed by atoms with Crippen LogP contribution < -0.4 is 0 Å². The topological polar surface area (TPSA) is 26.3 Å². The van der Waals surface area contributed by atoms with E-state index in [0.717, 1.165) is 0 Å². The zero-order valence-corrected chi connectivity index (χ0v) is 10.4. The highest BCUT2D eigenvalue weighted by Crippen LogP contribution is 2.49. The molecule has 0 aromatic rings. The number of alkyl halides is 10. The monoisotopic (exact) mass is 372 g/mol. The van der Waals surface area contributed by atoms with Crippen LogP contribution in [0.1, 0.15) is 6.92 Å². The van der Waals surface area contributed by atoms with E-state index in [1.807, 2.05) is 0 Å². The predicted molar refractivity (Wildman–Crippen MR) is 46.8 cm³/mol. The SMILES string of the molecule is CC(F)C(F)(F)C(F)(F)C(F)(F)OC(=O)C(=C(F)F)C(F)(F)F. The van der Waals surface area contributed by atoms with Crippen LogP contribution in [0.3, 0.4) is 0 Å². The lowest BCUT2D eigenvalue weighted by Crippen LogP contribution is -2.59. The molecule has 0 aromatic carbocycles. The molecule has 0 radical (unpaired) electrons. The lowest BCUT2D eigenvalue weighted by atomic mass is 10.1. The Bertz CT molecular complexity index is 485. The van der Waals surface area contributed by atoms with Crippen LogP contribution in [-0.2, 0) is 9.53 Å². The van der Waals surface area contributed by atoms with Gasteiger partial charge in [0.1, 0.15) is 0 Å². The molecule has 0 aliphatic heterocycles. The van der Waals surface area contributed by atoms with Gasteiger partial charge < -0.3 is 4.74 Å². The molecular formula is C9H4F12O2. The van der Waals surface area contributed by atoms with E-state index in [9.17, 15) is 57.5 Å². The molecule has 0 heterocycles. The highest BCUT2D eigenvalue weighted by atomic mass is 19.4. The number of hydrogen-bond acceptors (Lipinski definition) is 2. The van der Waals surface area contributed by atoms with Gasteiger partial charge in [-0.25, -0.2) is 9.18 Å². The number of halogens is 12. The van der Waals surface area contributed by atoms with E-state index in [2.05, 4.69) is 4.74 Å². The minimum absolute atomic E-state index is 0.298. The van der Waals surface area contributed by atoms with Crippen LogP contribution in [0.4, 0.5) is 52.7 Å². The minimum Gasteiger partial charge on any atom is -0.392 e. The smallest absolute Gasteiger partial charge is 0.392 e. The highest BCUT2D eigenvalue weighted by molar-refractivity contribution is 5.90. The third kappa shape index (κ3) is 4.02. The summed E-state index contributed by atoms with van der Waals surface area (Å²) in [5.41, 5.74) is -3.70. The quantitative estimate of drug-likeness (QED) is 0.405. The number of carbonyl (C=O) groups excluding carboxylic acids is 1. The molecular weight excluding hydrogens is 368 g/mol. The fourth-order valence-electron chi connectivity index (χ4n) is 0.975. The Morgan fingerprint density at radius 3 is 1.57 bits per heavy atom. The number of rotatable bonds is 5. The molecule has 0 bridgehead atoms. The van der Waals surface area contributed by atoms with Gasteiger partial charge in [-0.2, -0.15) is 48.3 Å². The van der Waals surface area contributed by atoms with E-state index in [1.54, 1.807) is 0 Å². The van der Waals surface area contributed by atoms with Gasteiger partial charge in [-0.1, -0.05) is 0 Å². The number of carbonyl (C=O) groups is 1. The van der Waals surface area contributed by atoms with Gasteiger partial charge >= 0.3 is 30.1 Å². The van der Waals surface area contributed by atoms with Crippen molar-refractivity contribution in [1.29, 1.82) is 0 Å². The second-order valence-corrected chi connectivity index (χ2v) is 3.85. The van der Waals surface area contributed by atoms with E-state index in [4.69, 9.17) is 0 Å². The fourth-order valence-corrected chi connectivity index (χ4v) is 0.975. The summed E-state index contributed by atoms with van der Waals surface area (Å²) in [6.07, 6.45) is -20.9. The fraction of sp³-hybridized carbons (Fsp3) is 0.667. The summed E-state index contributed by atoms with van der Waals surface area (Å²) in [5, 5.41) is 0. The van der Waals surface area contributed by atoms with Crippen molar-refractivity contribution in [1.82, 2.24) is 0 Å². The molecule has 1 atom stereocenters. The van der Waals surface area contributed by atoms with Crippen LogP contribution in [0.2, 0.25) is 0 Å². The zero-order chi connectivity index (χ0) is 19.0. The van der Waals surface area contributed by atoms with Gasteiger partial charge in [0, 0.05) is 0 Å². The third-order valence-corrected chi connectivity index (χ3v) is 2.18. The van der Waals surface area contributed by atoms with Crippen molar-refractivity contribution in [3.05, 3.63) is 11.7 Å². The van der Waals surface area contributed by atoms with E-state index in [-0.39, 0.29) is 6.92 Å². The maximum absolute atomic E-state index is 12.8. The Kier molecular flexibility index (Phi) is 5.68. The van der Waals surface area contributed by atoms with Gasteiger partial charge in [0.05, 0.1) is 0 Å². The molecule has 0 N–H and O–H groups in total. The molecule has 0 aromatic heterocycles. The summed E-state index contributed by atoms with van der Waals surface area (Å²) in [6.45, 7) is -0.298. The molecule has 136 valence electrons. The first-order valence-electron chi connectivity index (χ1n) is 5.03. The van der Waals surface area contributed by atoms with Gasteiger partial charge in [-0.15, -0.1) is 0 Å². The molecule has 23 heavy (non-hydrogen) atoms. The summed E-state index contributed by atoms with van der Waals surface area (Å²) >= 11 is 0. The first-order valence-corrected chi connectivity index (χ1v) is 5.03.